The lowest BCUT2D eigenvalue weighted by Crippen LogP contribution is -2.47. The molecule has 1 fully saturated rings. The van der Waals surface area contributed by atoms with Crippen LogP contribution in [-0.2, 0) is 25.4 Å². The Kier molecular flexibility index (Phi) is 5.41. The van der Waals surface area contributed by atoms with Crippen LogP contribution in [0.4, 0.5) is 5.82 Å². The SMILES string of the molecule is CN(C[C@@H]1CN(Cc2ncc(Cl)n2C)CCO1)c1nccn(C)c1=O. The summed E-state index contributed by atoms with van der Waals surface area (Å²) in [6.07, 6.45) is 4.95. The lowest BCUT2D eigenvalue weighted by Gasteiger charge is -2.34. The third kappa shape index (κ3) is 4.02. The van der Waals surface area contributed by atoms with Crippen LogP contribution in [0, 0.1) is 0 Å². The minimum absolute atomic E-state index is 0.00111. The Balaban J connectivity index is 1.62. The molecule has 0 N–H and O–H groups in total. The highest BCUT2D eigenvalue weighted by Gasteiger charge is 2.24. The van der Waals surface area contributed by atoms with E-state index in [0.29, 0.717) is 24.1 Å². The van der Waals surface area contributed by atoms with Crippen LogP contribution < -0.4 is 10.5 Å². The van der Waals surface area contributed by atoms with Crippen molar-refractivity contribution in [1.82, 2.24) is 24.0 Å². The molecule has 0 radical (unpaired) electrons. The highest BCUT2D eigenvalue weighted by Crippen LogP contribution is 2.14. The first kappa shape index (κ1) is 17.9. The highest BCUT2D eigenvalue weighted by atomic mass is 35.5. The molecule has 0 saturated carbocycles. The van der Waals surface area contributed by atoms with E-state index < -0.39 is 0 Å². The van der Waals surface area contributed by atoms with Crippen LogP contribution in [0.1, 0.15) is 5.82 Å². The first-order valence-electron chi connectivity index (χ1n) is 8.18. The van der Waals surface area contributed by atoms with Crippen molar-refractivity contribution in [2.45, 2.75) is 12.6 Å². The summed E-state index contributed by atoms with van der Waals surface area (Å²) in [5.41, 5.74) is -0.111. The normalized spacial score (nSPS) is 18.5. The monoisotopic (exact) mass is 366 g/mol. The van der Waals surface area contributed by atoms with E-state index in [1.807, 2.05) is 23.6 Å². The Morgan fingerprint density at radius 2 is 2.20 bits per heavy atom. The van der Waals surface area contributed by atoms with Gasteiger partial charge in [-0.3, -0.25) is 9.69 Å². The van der Waals surface area contributed by atoms with Gasteiger partial charge in [0.25, 0.3) is 5.56 Å². The second-order valence-corrected chi connectivity index (χ2v) is 6.72. The van der Waals surface area contributed by atoms with Crippen LogP contribution in [0.15, 0.2) is 23.4 Å². The van der Waals surface area contributed by atoms with Crippen LogP contribution in [0.2, 0.25) is 5.15 Å². The number of likely N-dealkylation sites (N-methyl/N-ethyl adjacent to an activating group) is 1. The molecule has 0 bridgehead atoms. The maximum atomic E-state index is 12.2. The van der Waals surface area contributed by atoms with E-state index in [2.05, 4.69) is 14.9 Å². The summed E-state index contributed by atoms with van der Waals surface area (Å²) >= 11 is 6.05. The van der Waals surface area contributed by atoms with Crippen molar-refractivity contribution in [2.75, 3.05) is 38.2 Å². The summed E-state index contributed by atoms with van der Waals surface area (Å²) in [6, 6.07) is 0. The lowest BCUT2D eigenvalue weighted by molar-refractivity contribution is -0.0274. The first-order chi connectivity index (χ1) is 12.0. The number of aromatic nitrogens is 4. The molecule has 3 heterocycles. The zero-order valence-electron chi connectivity index (χ0n) is 14.7. The molecule has 9 heteroatoms. The molecule has 0 spiro atoms. The van der Waals surface area contributed by atoms with Crippen molar-refractivity contribution in [1.29, 1.82) is 0 Å². The minimum atomic E-state index is -0.111. The molecule has 0 aromatic carbocycles. The standard InChI is InChI=1S/C16H23ClN6O2/c1-20-5-4-18-15(16(20)24)21(2)9-12-10-23(6-7-25-12)11-14-19-8-13(17)22(14)3/h4-5,8,12H,6-7,9-11H2,1-3H3/t12-/m1/s1. The fourth-order valence-electron chi connectivity index (χ4n) is 2.94. The van der Waals surface area contributed by atoms with Gasteiger partial charge in [0.15, 0.2) is 5.82 Å². The van der Waals surface area contributed by atoms with Gasteiger partial charge in [0.2, 0.25) is 0 Å². The average Bonchev–Trinajstić information content (AvgIpc) is 2.89. The Hall–Kier alpha value is -1.90. The average molecular weight is 367 g/mol. The van der Waals surface area contributed by atoms with Gasteiger partial charge in [-0.05, 0) is 0 Å². The number of hydrogen-bond donors (Lipinski definition) is 0. The van der Waals surface area contributed by atoms with Gasteiger partial charge < -0.3 is 18.8 Å². The number of aryl methyl sites for hydroxylation is 1. The molecule has 1 saturated heterocycles. The zero-order valence-corrected chi connectivity index (χ0v) is 15.5. The highest BCUT2D eigenvalue weighted by molar-refractivity contribution is 6.29. The Labute approximate surface area is 151 Å². The second-order valence-electron chi connectivity index (χ2n) is 6.33. The Bertz CT molecular complexity index is 789. The van der Waals surface area contributed by atoms with Gasteiger partial charge in [0.05, 0.1) is 25.5 Å². The van der Waals surface area contributed by atoms with Crippen LogP contribution in [-0.4, -0.2) is 63.4 Å². The summed E-state index contributed by atoms with van der Waals surface area (Å²) in [5.74, 6) is 1.36. The number of imidazole rings is 1. The van der Waals surface area contributed by atoms with E-state index in [1.165, 1.54) is 4.57 Å². The maximum Gasteiger partial charge on any atom is 0.293 e. The van der Waals surface area contributed by atoms with Crippen molar-refractivity contribution >= 4 is 17.4 Å². The topological polar surface area (TPSA) is 68.4 Å². The quantitative estimate of drug-likeness (QED) is 0.767. The third-order valence-electron chi connectivity index (χ3n) is 4.45. The predicted octanol–water partition coefficient (Wildman–Crippen LogP) is 0.504. The largest absolute Gasteiger partial charge is 0.374 e. The first-order valence-corrected chi connectivity index (χ1v) is 8.56. The fourth-order valence-corrected chi connectivity index (χ4v) is 3.09. The van der Waals surface area contributed by atoms with Crippen molar-refractivity contribution in [3.63, 3.8) is 0 Å². The van der Waals surface area contributed by atoms with Gasteiger partial charge in [0.1, 0.15) is 11.0 Å². The summed E-state index contributed by atoms with van der Waals surface area (Å²) in [5, 5.41) is 0.630. The van der Waals surface area contributed by atoms with E-state index in [0.717, 1.165) is 25.5 Å². The molecule has 2 aromatic rings. The minimum Gasteiger partial charge on any atom is -0.374 e. The Morgan fingerprint density at radius 3 is 2.92 bits per heavy atom. The van der Waals surface area contributed by atoms with Crippen LogP contribution in [0.5, 0.6) is 0 Å². The van der Waals surface area contributed by atoms with Gasteiger partial charge >= 0.3 is 0 Å². The van der Waals surface area contributed by atoms with Crippen molar-refractivity contribution in [3.05, 3.63) is 39.9 Å². The summed E-state index contributed by atoms with van der Waals surface area (Å²) in [6.45, 7) is 3.58. The molecule has 3 rings (SSSR count). The smallest absolute Gasteiger partial charge is 0.293 e. The van der Waals surface area contributed by atoms with Crippen molar-refractivity contribution < 1.29 is 4.74 Å². The maximum absolute atomic E-state index is 12.2. The van der Waals surface area contributed by atoms with Gasteiger partial charge in [-0.15, -0.1) is 0 Å². The molecule has 136 valence electrons. The number of nitrogens with zero attached hydrogens (tertiary/aromatic N) is 6. The van der Waals surface area contributed by atoms with Gasteiger partial charge in [-0.2, -0.15) is 0 Å². The number of ether oxygens (including phenoxy) is 1. The van der Waals surface area contributed by atoms with E-state index >= 15 is 0 Å². The number of halogens is 1. The number of hydrogen-bond acceptors (Lipinski definition) is 6. The van der Waals surface area contributed by atoms with E-state index in [4.69, 9.17) is 16.3 Å². The van der Waals surface area contributed by atoms with Crippen LogP contribution in [0.3, 0.4) is 0 Å². The number of morpholine rings is 1. The van der Waals surface area contributed by atoms with E-state index in [-0.39, 0.29) is 11.7 Å². The number of rotatable bonds is 5. The molecule has 0 unspecified atom stereocenters. The van der Waals surface area contributed by atoms with E-state index in [9.17, 15) is 4.79 Å². The second kappa shape index (κ2) is 7.55. The molecular weight excluding hydrogens is 344 g/mol. The lowest BCUT2D eigenvalue weighted by atomic mass is 10.2. The molecule has 0 amide bonds. The van der Waals surface area contributed by atoms with Gasteiger partial charge in [-0.1, -0.05) is 11.6 Å². The van der Waals surface area contributed by atoms with Crippen LogP contribution >= 0.6 is 11.6 Å². The molecule has 1 atom stereocenters. The van der Waals surface area contributed by atoms with Crippen molar-refractivity contribution in [2.24, 2.45) is 14.1 Å². The summed E-state index contributed by atoms with van der Waals surface area (Å²) < 4.78 is 9.28. The fraction of sp³-hybridized carbons (Fsp3) is 0.562. The molecular formula is C16H23ClN6O2. The van der Waals surface area contributed by atoms with Crippen molar-refractivity contribution in [3.8, 4) is 0 Å². The molecule has 2 aromatic heterocycles. The summed E-state index contributed by atoms with van der Waals surface area (Å²) in [7, 11) is 5.50. The predicted molar refractivity (Wildman–Crippen MR) is 96.0 cm³/mol. The van der Waals surface area contributed by atoms with Gasteiger partial charge in [0, 0.05) is 53.2 Å². The van der Waals surface area contributed by atoms with Crippen LogP contribution in [0.25, 0.3) is 0 Å². The molecule has 1 aliphatic heterocycles. The Morgan fingerprint density at radius 1 is 1.40 bits per heavy atom. The van der Waals surface area contributed by atoms with Gasteiger partial charge in [-0.25, -0.2) is 9.97 Å². The van der Waals surface area contributed by atoms with E-state index in [1.54, 1.807) is 25.6 Å². The molecule has 25 heavy (non-hydrogen) atoms. The molecule has 1 aliphatic rings. The third-order valence-corrected chi connectivity index (χ3v) is 4.80. The zero-order chi connectivity index (χ0) is 18.0. The summed E-state index contributed by atoms with van der Waals surface area (Å²) in [4.78, 5) is 24.9. The molecule has 8 nitrogen and oxygen atoms in total. The molecule has 0 aliphatic carbocycles. The number of anilines is 1.